The Labute approximate surface area is 128 Å². The summed E-state index contributed by atoms with van der Waals surface area (Å²) in [5, 5.41) is 22.5. The van der Waals surface area contributed by atoms with Crippen molar-refractivity contribution in [2.24, 2.45) is 0 Å². The highest BCUT2D eigenvalue weighted by molar-refractivity contribution is 14.1. The highest BCUT2D eigenvalue weighted by Crippen LogP contribution is 2.23. The Morgan fingerprint density at radius 1 is 1.47 bits per heavy atom. The van der Waals surface area contributed by atoms with Crippen molar-refractivity contribution in [2.45, 2.75) is 6.42 Å². The highest BCUT2D eigenvalue weighted by Gasteiger charge is 2.17. The van der Waals surface area contributed by atoms with Crippen molar-refractivity contribution in [1.29, 1.82) is 0 Å². The maximum absolute atomic E-state index is 11.1. The summed E-state index contributed by atoms with van der Waals surface area (Å²) < 4.78 is 2.40. The zero-order chi connectivity index (χ0) is 14.0. The van der Waals surface area contributed by atoms with Gasteiger partial charge in [-0.15, -0.1) is 0 Å². The summed E-state index contributed by atoms with van der Waals surface area (Å²) >= 11 is 8.26. The van der Waals surface area contributed by atoms with Gasteiger partial charge in [0.2, 0.25) is 0 Å². The molecule has 2 aromatic rings. The van der Waals surface area contributed by atoms with E-state index in [1.54, 1.807) is 18.3 Å². The number of carboxylic acids is 1. The predicted octanol–water partition coefficient (Wildman–Crippen LogP) is 2.36. The second-order valence-corrected chi connectivity index (χ2v) is 5.47. The molecule has 1 aromatic carbocycles. The number of rotatable bonds is 4. The van der Waals surface area contributed by atoms with Gasteiger partial charge in [0.05, 0.1) is 10.7 Å². The van der Waals surface area contributed by atoms with Gasteiger partial charge in [0.1, 0.15) is 0 Å². The first kappa shape index (κ1) is 14.3. The van der Waals surface area contributed by atoms with Crippen molar-refractivity contribution >= 4 is 40.2 Å². The molecule has 0 unspecified atom stereocenters. The number of carboxylic acid groups (broad SMARTS) is 1. The highest BCUT2D eigenvalue weighted by atomic mass is 127. The molecular formula is C12H10ClIN2O3. The van der Waals surface area contributed by atoms with Crippen molar-refractivity contribution in [1.82, 2.24) is 9.78 Å². The maximum Gasteiger partial charge on any atom is 0.356 e. The van der Waals surface area contributed by atoms with E-state index in [2.05, 4.69) is 27.7 Å². The SMILES string of the molecule is O=C(O)c1nn(-c2ccc(I)cc2Cl)cc1CCO. The molecule has 0 aliphatic heterocycles. The smallest absolute Gasteiger partial charge is 0.356 e. The van der Waals surface area contributed by atoms with Crippen LogP contribution in [-0.2, 0) is 6.42 Å². The summed E-state index contributed by atoms with van der Waals surface area (Å²) in [6, 6.07) is 5.40. The quantitative estimate of drug-likeness (QED) is 0.784. The molecule has 5 nitrogen and oxygen atoms in total. The van der Waals surface area contributed by atoms with Crippen LogP contribution in [0.15, 0.2) is 24.4 Å². The van der Waals surface area contributed by atoms with Crippen LogP contribution < -0.4 is 0 Å². The van der Waals surface area contributed by atoms with Gasteiger partial charge in [0.25, 0.3) is 0 Å². The minimum Gasteiger partial charge on any atom is -0.476 e. The fourth-order valence-electron chi connectivity index (χ4n) is 1.68. The molecule has 0 bridgehead atoms. The van der Waals surface area contributed by atoms with Gasteiger partial charge in [-0.25, -0.2) is 9.48 Å². The largest absolute Gasteiger partial charge is 0.476 e. The van der Waals surface area contributed by atoms with Crippen molar-refractivity contribution < 1.29 is 15.0 Å². The number of nitrogens with zero attached hydrogens (tertiary/aromatic N) is 2. The number of halogens is 2. The van der Waals surface area contributed by atoms with Crippen LogP contribution in [0.3, 0.4) is 0 Å². The lowest BCUT2D eigenvalue weighted by Crippen LogP contribution is -2.04. The number of benzene rings is 1. The second-order valence-electron chi connectivity index (χ2n) is 3.82. The fourth-order valence-corrected chi connectivity index (χ4v) is 2.63. The molecule has 2 rings (SSSR count). The lowest BCUT2D eigenvalue weighted by molar-refractivity contribution is 0.0688. The van der Waals surface area contributed by atoms with E-state index < -0.39 is 5.97 Å². The fraction of sp³-hybridized carbons (Fsp3) is 0.167. The van der Waals surface area contributed by atoms with Crippen LogP contribution in [0.25, 0.3) is 5.69 Å². The molecule has 0 saturated carbocycles. The van der Waals surface area contributed by atoms with E-state index in [0.29, 0.717) is 16.3 Å². The molecule has 7 heteroatoms. The van der Waals surface area contributed by atoms with Gasteiger partial charge in [-0.2, -0.15) is 5.10 Å². The summed E-state index contributed by atoms with van der Waals surface area (Å²) in [7, 11) is 0. The Kier molecular flexibility index (Phi) is 4.43. The molecule has 19 heavy (non-hydrogen) atoms. The summed E-state index contributed by atoms with van der Waals surface area (Å²) in [6.07, 6.45) is 1.82. The van der Waals surface area contributed by atoms with Gasteiger partial charge >= 0.3 is 5.97 Å². The summed E-state index contributed by atoms with van der Waals surface area (Å²) in [4.78, 5) is 11.1. The van der Waals surface area contributed by atoms with E-state index in [9.17, 15) is 4.79 Å². The van der Waals surface area contributed by atoms with E-state index in [1.165, 1.54) is 4.68 Å². The number of aromatic carboxylic acids is 1. The topological polar surface area (TPSA) is 75.3 Å². The van der Waals surface area contributed by atoms with Gasteiger partial charge in [-0.1, -0.05) is 11.6 Å². The number of hydrogen-bond donors (Lipinski definition) is 2. The van der Waals surface area contributed by atoms with Gasteiger partial charge in [0, 0.05) is 21.9 Å². The molecule has 0 amide bonds. The number of aromatic nitrogens is 2. The molecule has 0 spiro atoms. The first-order valence-electron chi connectivity index (χ1n) is 5.41. The lowest BCUT2D eigenvalue weighted by Gasteiger charge is -2.04. The van der Waals surface area contributed by atoms with E-state index in [4.69, 9.17) is 21.8 Å². The molecule has 100 valence electrons. The maximum atomic E-state index is 11.1. The minimum atomic E-state index is -1.12. The third kappa shape index (κ3) is 3.07. The van der Waals surface area contributed by atoms with E-state index >= 15 is 0 Å². The zero-order valence-corrected chi connectivity index (χ0v) is 12.6. The van der Waals surface area contributed by atoms with Crippen molar-refractivity contribution in [3.8, 4) is 5.69 Å². The standard InChI is InChI=1S/C12H10ClIN2O3/c13-9-5-8(14)1-2-10(9)16-6-7(3-4-17)11(15-16)12(18)19/h1-2,5-6,17H,3-4H2,(H,18,19). The van der Waals surface area contributed by atoms with Crippen LogP contribution in [0.5, 0.6) is 0 Å². The zero-order valence-electron chi connectivity index (χ0n) is 9.68. The third-order valence-corrected chi connectivity index (χ3v) is 3.50. The first-order valence-corrected chi connectivity index (χ1v) is 6.86. The van der Waals surface area contributed by atoms with Crippen LogP contribution in [0, 0.1) is 3.57 Å². The monoisotopic (exact) mass is 392 g/mol. The average Bonchev–Trinajstić information content (AvgIpc) is 2.73. The van der Waals surface area contributed by atoms with Gasteiger partial charge in [-0.05, 0) is 47.2 Å². The lowest BCUT2D eigenvalue weighted by atomic mass is 10.2. The number of aliphatic hydroxyl groups is 1. The molecule has 0 aliphatic carbocycles. The molecule has 0 fully saturated rings. The van der Waals surface area contributed by atoms with E-state index in [1.807, 2.05) is 6.07 Å². The molecule has 2 N–H and O–H groups in total. The number of carbonyl (C=O) groups is 1. The van der Waals surface area contributed by atoms with E-state index in [-0.39, 0.29) is 18.7 Å². The van der Waals surface area contributed by atoms with Crippen LogP contribution in [0.2, 0.25) is 5.02 Å². The normalized spacial score (nSPS) is 10.7. The number of aliphatic hydroxyl groups excluding tert-OH is 1. The van der Waals surface area contributed by atoms with Gasteiger partial charge < -0.3 is 10.2 Å². The van der Waals surface area contributed by atoms with Gasteiger partial charge in [-0.3, -0.25) is 0 Å². The second kappa shape index (κ2) is 5.89. The van der Waals surface area contributed by atoms with Crippen molar-refractivity contribution in [2.75, 3.05) is 6.61 Å². The molecule has 0 radical (unpaired) electrons. The molecule has 0 aliphatic rings. The molecular weight excluding hydrogens is 383 g/mol. The van der Waals surface area contributed by atoms with Crippen molar-refractivity contribution in [3.63, 3.8) is 0 Å². The molecule has 0 atom stereocenters. The Bertz CT molecular complexity index is 627. The Morgan fingerprint density at radius 3 is 2.79 bits per heavy atom. The minimum absolute atomic E-state index is 0.0660. The average molecular weight is 393 g/mol. The van der Waals surface area contributed by atoms with Gasteiger partial charge in [0.15, 0.2) is 5.69 Å². The summed E-state index contributed by atoms with van der Waals surface area (Å²) in [5.41, 5.74) is 1.02. The third-order valence-electron chi connectivity index (χ3n) is 2.53. The van der Waals surface area contributed by atoms with Crippen LogP contribution in [0.1, 0.15) is 16.1 Å². The Balaban J connectivity index is 2.50. The van der Waals surface area contributed by atoms with Crippen molar-refractivity contribution in [3.05, 3.63) is 44.2 Å². The van der Waals surface area contributed by atoms with E-state index in [0.717, 1.165) is 3.57 Å². The van der Waals surface area contributed by atoms with Crippen LogP contribution in [-0.4, -0.2) is 32.6 Å². The van der Waals surface area contributed by atoms with Crippen LogP contribution in [0.4, 0.5) is 0 Å². The first-order chi connectivity index (χ1) is 9.02. The Hall–Kier alpha value is -1.12. The predicted molar refractivity (Wildman–Crippen MR) is 79.0 cm³/mol. The molecule has 1 aromatic heterocycles. The summed E-state index contributed by atoms with van der Waals surface area (Å²) in [6.45, 7) is -0.133. The van der Waals surface area contributed by atoms with Crippen LogP contribution >= 0.6 is 34.2 Å². The molecule has 0 saturated heterocycles. The Morgan fingerprint density at radius 2 is 2.21 bits per heavy atom. The number of hydrogen-bond acceptors (Lipinski definition) is 3. The summed E-state index contributed by atoms with van der Waals surface area (Å²) in [5.74, 6) is -1.12. The molecule has 1 heterocycles.